The van der Waals surface area contributed by atoms with Gasteiger partial charge in [-0.3, -0.25) is 0 Å². The lowest BCUT2D eigenvalue weighted by Crippen LogP contribution is -2.23. The van der Waals surface area contributed by atoms with Gasteiger partial charge in [0.2, 0.25) is 0 Å². The van der Waals surface area contributed by atoms with Crippen molar-refractivity contribution in [1.29, 1.82) is 0 Å². The van der Waals surface area contributed by atoms with Crippen LogP contribution in [0.15, 0.2) is 43.0 Å². The molecule has 1 aromatic carbocycles. The molecule has 0 saturated carbocycles. The second kappa shape index (κ2) is 6.26. The Hall–Kier alpha value is -1.37. The quantitative estimate of drug-likeness (QED) is 0.384. The molecule has 0 aliphatic heterocycles. The minimum Gasteiger partial charge on any atom is -0.302 e. The fourth-order valence-corrected chi connectivity index (χ4v) is 1.87. The van der Waals surface area contributed by atoms with E-state index in [4.69, 9.17) is 0 Å². The molecule has 0 fully saturated rings. The number of benzene rings is 1. The average Bonchev–Trinajstić information content (AvgIpc) is 2.35. The molecule has 1 aromatic rings. The van der Waals surface area contributed by atoms with E-state index in [2.05, 4.69) is 6.58 Å². The van der Waals surface area contributed by atoms with E-state index in [1.165, 1.54) is 0 Å². The van der Waals surface area contributed by atoms with Gasteiger partial charge in [-0.2, -0.15) is 0 Å². The van der Waals surface area contributed by atoms with Gasteiger partial charge in [0, 0.05) is 5.41 Å². The Balaban J connectivity index is 2.63. The summed E-state index contributed by atoms with van der Waals surface area (Å²) in [6, 6.07) is 10.0. The van der Waals surface area contributed by atoms with Crippen molar-refractivity contribution in [2.45, 2.75) is 38.0 Å². The molecule has 1 heteroatoms. The molecule has 0 N–H and O–H groups in total. The van der Waals surface area contributed by atoms with E-state index in [1.54, 1.807) is 0 Å². The largest absolute Gasteiger partial charge is 0.302 e. The molecule has 0 heterocycles. The Bertz CT molecular complexity index is 329. The first-order chi connectivity index (χ1) is 7.73. The first-order valence-electron chi connectivity index (χ1n) is 5.86. The number of carbonyl (C=O) groups excluding carboxylic acids is 1. The van der Waals surface area contributed by atoms with E-state index >= 15 is 0 Å². The van der Waals surface area contributed by atoms with Crippen LogP contribution < -0.4 is 0 Å². The number of carbonyl (C=O) groups is 1. The molecule has 0 radical (unpaired) electrons. The van der Waals surface area contributed by atoms with Crippen LogP contribution in [0.5, 0.6) is 0 Å². The predicted octanol–water partition coefficient (Wildman–Crippen LogP) is 3.89. The van der Waals surface area contributed by atoms with Crippen LogP contribution >= 0.6 is 0 Å². The van der Waals surface area contributed by atoms with Crippen LogP contribution in [0.2, 0.25) is 0 Å². The first-order valence-corrected chi connectivity index (χ1v) is 5.86. The fourth-order valence-electron chi connectivity index (χ4n) is 1.87. The van der Waals surface area contributed by atoms with Crippen LogP contribution in [0.1, 0.15) is 38.2 Å². The third kappa shape index (κ3) is 3.34. The smallest absolute Gasteiger partial charge is 0.130 e. The normalized spacial score (nSPS) is 14.1. The second-order valence-electron chi connectivity index (χ2n) is 4.44. The zero-order valence-corrected chi connectivity index (χ0v) is 9.99. The van der Waals surface area contributed by atoms with Crippen molar-refractivity contribution < 1.29 is 4.79 Å². The highest BCUT2D eigenvalue weighted by Crippen LogP contribution is 2.27. The molecule has 0 aromatic heterocycles. The predicted molar refractivity (Wildman–Crippen MR) is 68.5 cm³/mol. The molecule has 1 rings (SSSR count). The van der Waals surface area contributed by atoms with E-state index in [1.807, 2.05) is 43.3 Å². The summed E-state index contributed by atoms with van der Waals surface area (Å²) in [6.07, 6.45) is 7.13. The minimum atomic E-state index is -0.331. The number of hydrogen-bond donors (Lipinski definition) is 0. The molecule has 86 valence electrons. The molecule has 1 atom stereocenters. The lowest BCUT2D eigenvalue weighted by molar-refractivity contribution is -0.112. The maximum Gasteiger partial charge on any atom is 0.130 e. The van der Waals surface area contributed by atoms with Crippen LogP contribution in [0.4, 0.5) is 0 Å². The number of unbranched alkanes of at least 4 members (excludes halogenated alkanes) is 2. The molecule has 0 saturated heterocycles. The summed E-state index contributed by atoms with van der Waals surface area (Å²) in [5, 5.41) is 0. The highest BCUT2D eigenvalue weighted by molar-refractivity contribution is 5.67. The van der Waals surface area contributed by atoms with E-state index in [-0.39, 0.29) is 5.41 Å². The maximum atomic E-state index is 11.3. The van der Waals surface area contributed by atoms with E-state index in [9.17, 15) is 4.79 Å². The van der Waals surface area contributed by atoms with Crippen LogP contribution in [-0.4, -0.2) is 6.29 Å². The van der Waals surface area contributed by atoms with Gasteiger partial charge in [0.25, 0.3) is 0 Å². The van der Waals surface area contributed by atoms with Crippen molar-refractivity contribution in [1.82, 2.24) is 0 Å². The third-order valence-corrected chi connectivity index (χ3v) is 3.05. The lowest BCUT2D eigenvalue weighted by Gasteiger charge is -2.23. The Kier molecular flexibility index (Phi) is 4.97. The SMILES string of the molecule is C=CCCCCC(C)(C=O)c1ccccc1. The maximum absolute atomic E-state index is 11.3. The Morgan fingerprint density at radius 2 is 1.94 bits per heavy atom. The van der Waals surface area contributed by atoms with Crippen molar-refractivity contribution >= 4 is 6.29 Å². The van der Waals surface area contributed by atoms with Crippen LogP contribution in [0, 0.1) is 0 Å². The Morgan fingerprint density at radius 3 is 2.50 bits per heavy atom. The van der Waals surface area contributed by atoms with Gasteiger partial charge < -0.3 is 4.79 Å². The summed E-state index contributed by atoms with van der Waals surface area (Å²) in [6.45, 7) is 5.72. The van der Waals surface area contributed by atoms with E-state index in [0.717, 1.165) is 37.5 Å². The summed E-state index contributed by atoms with van der Waals surface area (Å²) >= 11 is 0. The fraction of sp³-hybridized carbons (Fsp3) is 0.400. The molecular formula is C15H20O. The van der Waals surface area contributed by atoms with Gasteiger partial charge in [0.15, 0.2) is 0 Å². The third-order valence-electron chi connectivity index (χ3n) is 3.05. The van der Waals surface area contributed by atoms with Crippen molar-refractivity contribution in [3.8, 4) is 0 Å². The van der Waals surface area contributed by atoms with Gasteiger partial charge in [0.1, 0.15) is 6.29 Å². The topological polar surface area (TPSA) is 17.1 Å². The highest BCUT2D eigenvalue weighted by atomic mass is 16.1. The van der Waals surface area contributed by atoms with E-state index in [0.29, 0.717) is 0 Å². The van der Waals surface area contributed by atoms with Crippen molar-refractivity contribution in [3.05, 3.63) is 48.6 Å². The highest BCUT2D eigenvalue weighted by Gasteiger charge is 2.24. The van der Waals surface area contributed by atoms with E-state index < -0.39 is 0 Å². The Morgan fingerprint density at radius 1 is 1.25 bits per heavy atom. The zero-order valence-electron chi connectivity index (χ0n) is 9.99. The molecule has 16 heavy (non-hydrogen) atoms. The van der Waals surface area contributed by atoms with Crippen molar-refractivity contribution in [2.75, 3.05) is 0 Å². The van der Waals surface area contributed by atoms with Gasteiger partial charge in [-0.1, -0.05) is 42.8 Å². The Labute approximate surface area is 98.2 Å². The monoisotopic (exact) mass is 216 g/mol. The molecule has 0 amide bonds. The van der Waals surface area contributed by atoms with Gasteiger partial charge >= 0.3 is 0 Å². The zero-order chi connectivity index (χ0) is 11.9. The van der Waals surface area contributed by atoms with Gasteiger partial charge in [-0.25, -0.2) is 0 Å². The standard InChI is InChI=1S/C15H20O/c1-3-4-5-9-12-15(2,13-16)14-10-7-6-8-11-14/h3,6-8,10-11,13H,1,4-5,9,12H2,2H3. The number of hydrogen-bond acceptors (Lipinski definition) is 1. The summed E-state index contributed by atoms with van der Waals surface area (Å²) in [7, 11) is 0. The first kappa shape index (κ1) is 12.7. The summed E-state index contributed by atoms with van der Waals surface area (Å²) < 4.78 is 0. The molecule has 0 aliphatic carbocycles. The van der Waals surface area contributed by atoms with Crippen LogP contribution in [-0.2, 0) is 10.2 Å². The average molecular weight is 216 g/mol. The number of aldehydes is 1. The van der Waals surface area contributed by atoms with Gasteiger partial charge in [-0.05, 0) is 31.7 Å². The minimum absolute atomic E-state index is 0.331. The molecular weight excluding hydrogens is 196 g/mol. The summed E-state index contributed by atoms with van der Waals surface area (Å²) in [4.78, 5) is 11.3. The van der Waals surface area contributed by atoms with Gasteiger partial charge in [0.05, 0.1) is 0 Å². The lowest BCUT2D eigenvalue weighted by atomic mass is 9.79. The summed E-state index contributed by atoms with van der Waals surface area (Å²) in [5.74, 6) is 0. The molecule has 1 nitrogen and oxygen atoms in total. The summed E-state index contributed by atoms with van der Waals surface area (Å²) in [5.41, 5.74) is 0.784. The molecule has 1 unspecified atom stereocenters. The molecule has 0 spiro atoms. The van der Waals surface area contributed by atoms with Crippen LogP contribution in [0.25, 0.3) is 0 Å². The van der Waals surface area contributed by atoms with Crippen LogP contribution in [0.3, 0.4) is 0 Å². The number of allylic oxidation sites excluding steroid dienone is 1. The molecule has 0 aliphatic rings. The number of rotatable bonds is 7. The van der Waals surface area contributed by atoms with Gasteiger partial charge in [-0.15, -0.1) is 6.58 Å². The molecule has 0 bridgehead atoms. The van der Waals surface area contributed by atoms with Crippen molar-refractivity contribution in [3.63, 3.8) is 0 Å². The van der Waals surface area contributed by atoms with Crippen molar-refractivity contribution in [2.24, 2.45) is 0 Å². The second-order valence-corrected chi connectivity index (χ2v) is 4.44.